The molecule has 1 atom stereocenters. The van der Waals surface area contributed by atoms with Gasteiger partial charge in [-0.1, -0.05) is 20.8 Å². The van der Waals surface area contributed by atoms with Crippen LogP contribution in [0.15, 0.2) is 0 Å². The number of carboxylic acids is 1. The van der Waals surface area contributed by atoms with Gasteiger partial charge in [-0.15, -0.1) is 0 Å². The van der Waals surface area contributed by atoms with Crippen molar-refractivity contribution in [2.45, 2.75) is 27.2 Å². The third kappa shape index (κ3) is 8.15. The Balaban J connectivity index is 4.13. The maximum atomic E-state index is 11.6. The van der Waals surface area contributed by atoms with Gasteiger partial charge in [-0.2, -0.15) is 0 Å². The van der Waals surface area contributed by atoms with Gasteiger partial charge in [0.1, 0.15) is 0 Å². The maximum absolute atomic E-state index is 11.6. The summed E-state index contributed by atoms with van der Waals surface area (Å²) in [5.41, 5.74) is 0. The van der Waals surface area contributed by atoms with Crippen molar-refractivity contribution in [3.8, 4) is 0 Å². The number of carbonyl (C=O) groups is 3. The predicted octanol–water partition coefficient (Wildman–Crippen LogP) is 0.265. The van der Waals surface area contributed by atoms with Crippen molar-refractivity contribution < 1.29 is 19.5 Å². The number of carboxylic acid groups (broad SMARTS) is 1. The maximum Gasteiger partial charge on any atom is 0.321 e. The van der Waals surface area contributed by atoms with Crippen molar-refractivity contribution in [2.24, 2.45) is 5.92 Å². The van der Waals surface area contributed by atoms with Crippen LogP contribution in [-0.4, -0.2) is 54.1 Å². The number of aliphatic carboxylic acids is 1. The van der Waals surface area contributed by atoms with Crippen molar-refractivity contribution in [1.82, 2.24) is 15.5 Å². The molecule has 19 heavy (non-hydrogen) atoms. The first-order valence-corrected chi connectivity index (χ1v) is 6.43. The number of hydrogen-bond donors (Lipinski definition) is 3. The van der Waals surface area contributed by atoms with E-state index in [9.17, 15) is 14.4 Å². The van der Waals surface area contributed by atoms with E-state index < -0.39 is 23.8 Å². The fourth-order valence-electron chi connectivity index (χ4n) is 1.42. The molecule has 3 amide bonds. The molecule has 0 rings (SSSR count). The summed E-state index contributed by atoms with van der Waals surface area (Å²) in [6.07, 6.45) is 0.790. The highest BCUT2D eigenvalue weighted by atomic mass is 16.4. The Hall–Kier alpha value is -1.63. The smallest absolute Gasteiger partial charge is 0.321 e. The number of imide groups is 1. The molecule has 1 unspecified atom stereocenters. The van der Waals surface area contributed by atoms with Gasteiger partial charge in [-0.25, -0.2) is 4.79 Å². The van der Waals surface area contributed by atoms with E-state index in [0.29, 0.717) is 13.1 Å². The van der Waals surface area contributed by atoms with Gasteiger partial charge in [0.2, 0.25) is 5.91 Å². The molecule has 0 aromatic heterocycles. The van der Waals surface area contributed by atoms with Gasteiger partial charge < -0.3 is 10.4 Å². The third-order valence-corrected chi connectivity index (χ3v) is 2.56. The van der Waals surface area contributed by atoms with Crippen LogP contribution in [0.3, 0.4) is 0 Å². The molecule has 0 aliphatic rings. The van der Waals surface area contributed by atoms with E-state index in [0.717, 1.165) is 6.42 Å². The first-order valence-electron chi connectivity index (χ1n) is 6.43. The normalized spacial score (nSPS) is 12.0. The lowest BCUT2D eigenvalue weighted by Crippen LogP contribution is -2.45. The van der Waals surface area contributed by atoms with Gasteiger partial charge in [-0.3, -0.25) is 19.8 Å². The van der Waals surface area contributed by atoms with Crippen LogP contribution in [0.25, 0.3) is 0 Å². The standard InChI is InChI=1S/C12H23N3O4/c1-4-6-13-12(19)14-10(16)8-15(5-2)7-9(3)11(17)18/h9H,4-8H2,1-3H3,(H,17,18)(H2,13,14,16,19). The molecule has 0 aliphatic heterocycles. The van der Waals surface area contributed by atoms with Crippen LogP contribution in [0.5, 0.6) is 0 Å². The van der Waals surface area contributed by atoms with Crippen LogP contribution in [0.1, 0.15) is 27.2 Å². The number of carbonyl (C=O) groups excluding carboxylic acids is 2. The van der Waals surface area contributed by atoms with Gasteiger partial charge in [0.15, 0.2) is 0 Å². The first-order chi connectivity index (χ1) is 8.90. The van der Waals surface area contributed by atoms with E-state index in [-0.39, 0.29) is 13.1 Å². The topological polar surface area (TPSA) is 98.7 Å². The molecule has 0 spiro atoms. The van der Waals surface area contributed by atoms with Crippen molar-refractivity contribution in [1.29, 1.82) is 0 Å². The van der Waals surface area contributed by atoms with Gasteiger partial charge in [0.25, 0.3) is 0 Å². The number of urea groups is 1. The number of nitrogens with one attached hydrogen (secondary N) is 2. The molecule has 7 heteroatoms. The largest absolute Gasteiger partial charge is 0.481 e. The molecule has 0 heterocycles. The lowest BCUT2D eigenvalue weighted by Gasteiger charge is -2.21. The molecule has 0 saturated heterocycles. The zero-order valence-electron chi connectivity index (χ0n) is 11.7. The Labute approximate surface area is 113 Å². The highest BCUT2D eigenvalue weighted by molar-refractivity contribution is 5.95. The minimum Gasteiger partial charge on any atom is -0.481 e. The van der Waals surface area contributed by atoms with Gasteiger partial charge in [-0.05, 0) is 13.0 Å². The van der Waals surface area contributed by atoms with Gasteiger partial charge in [0.05, 0.1) is 12.5 Å². The van der Waals surface area contributed by atoms with E-state index in [2.05, 4.69) is 10.6 Å². The van der Waals surface area contributed by atoms with Crippen LogP contribution < -0.4 is 10.6 Å². The number of hydrogen-bond acceptors (Lipinski definition) is 4. The molecule has 0 saturated carbocycles. The Morgan fingerprint density at radius 2 is 1.89 bits per heavy atom. The Morgan fingerprint density at radius 1 is 1.26 bits per heavy atom. The lowest BCUT2D eigenvalue weighted by molar-refractivity contribution is -0.142. The van der Waals surface area contributed by atoms with Gasteiger partial charge in [0, 0.05) is 13.1 Å². The van der Waals surface area contributed by atoms with Crippen LogP contribution in [0.2, 0.25) is 0 Å². The summed E-state index contributed by atoms with van der Waals surface area (Å²) in [7, 11) is 0. The molecule has 7 nitrogen and oxygen atoms in total. The summed E-state index contributed by atoms with van der Waals surface area (Å²) in [6, 6.07) is -0.519. The fourth-order valence-corrected chi connectivity index (χ4v) is 1.42. The van der Waals surface area contributed by atoms with Crippen molar-refractivity contribution in [3.05, 3.63) is 0 Å². The SMILES string of the molecule is CCCNC(=O)NC(=O)CN(CC)CC(C)C(=O)O. The van der Waals surface area contributed by atoms with Gasteiger partial charge >= 0.3 is 12.0 Å². The second kappa shape index (κ2) is 9.32. The molecule has 110 valence electrons. The fraction of sp³-hybridized carbons (Fsp3) is 0.750. The highest BCUT2D eigenvalue weighted by Gasteiger charge is 2.18. The number of rotatable bonds is 8. The molecule has 0 bridgehead atoms. The number of nitrogens with zero attached hydrogens (tertiary/aromatic N) is 1. The highest BCUT2D eigenvalue weighted by Crippen LogP contribution is 1.99. The van der Waals surface area contributed by atoms with E-state index in [1.807, 2.05) is 13.8 Å². The zero-order valence-corrected chi connectivity index (χ0v) is 11.7. The molecule has 0 aromatic rings. The van der Waals surface area contributed by atoms with E-state index in [1.54, 1.807) is 11.8 Å². The molecule has 0 fully saturated rings. The third-order valence-electron chi connectivity index (χ3n) is 2.56. The van der Waals surface area contributed by atoms with Crippen LogP contribution in [0.4, 0.5) is 4.79 Å². The van der Waals surface area contributed by atoms with Crippen molar-refractivity contribution in [3.63, 3.8) is 0 Å². The van der Waals surface area contributed by atoms with Crippen LogP contribution in [-0.2, 0) is 9.59 Å². The molecule has 3 N–H and O–H groups in total. The molecular weight excluding hydrogens is 250 g/mol. The van der Waals surface area contributed by atoms with Crippen LogP contribution >= 0.6 is 0 Å². The average Bonchev–Trinajstić information content (AvgIpc) is 2.34. The summed E-state index contributed by atoms with van der Waals surface area (Å²) < 4.78 is 0. The van der Waals surface area contributed by atoms with E-state index in [1.165, 1.54) is 0 Å². The first kappa shape index (κ1) is 17.4. The molecular formula is C12H23N3O4. The van der Waals surface area contributed by atoms with E-state index >= 15 is 0 Å². The summed E-state index contributed by atoms with van der Waals surface area (Å²) >= 11 is 0. The minimum atomic E-state index is -0.903. The molecule has 0 radical (unpaired) electrons. The molecule has 0 aliphatic carbocycles. The quantitative estimate of drug-likeness (QED) is 0.589. The zero-order chi connectivity index (χ0) is 14.8. The summed E-state index contributed by atoms with van der Waals surface area (Å²) in [4.78, 5) is 35.3. The van der Waals surface area contributed by atoms with Crippen LogP contribution in [0, 0.1) is 5.92 Å². The second-order valence-electron chi connectivity index (χ2n) is 4.37. The lowest BCUT2D eigenvalue weighted by atomic mass is 10.1. The summed E-state index contributed by atoms with van der Waals surface area (Å²) in [6.45, 7) is 6.65. The second-order valence-corrected chi connectivity index (χ2v) is 4.37. The van der Waals surface area contributed by atoms with Crippen molar-refractivity contribution in [2.75, 3.05) is 26.2 Å². The number of amides is 3. The minimum absolute atomic E-state index is 0.00760. The predicted molar refractivity (Wildman–Crippen MR) is 70.7 cm³/mol. The number of likely N-dealkylation sites (N-methyl/N-ethyl adjacent to an activating group) is 1. The monoisotopic (exact) mass is 273 g/mol. The Bertz CT molecular complexity index is 320. The molecule has 0 aromatic carbocycles. The summed E-state index contributed by atoms with van der Waals surface area (Å²) in [5, 5.41) is 13.5. The van der Waals surface area contributed by atoms with E-state index in [4.69, 9.17) is 5.11 Å². The summed E-state index contributed by atoms with van der Waals surface area (Å²) in [5.74, 6) is -1.89. The van der Waals surface area contributed by atoms with Crippen molar-refractivity contribution >= 4 is 17.9 Å². The average molecular weight is 273 g/mol. The Morgan fingerprint density at radius 3 is 2.37 bits per heavy atom. The Kier molecular flexibility index (Phi) is 8.52.